The molecule has 0 saturated carbocycles. The lowest BCUT2D eigenvalue weighted by atomic mass is 9.86. The zero-order valence-electron chi connectivity index (χ0n) is 23.5. The first-order valence-electron chi connectivity index (χ1n) is 14.1. The van der Waals surface area contributed by atoms with Crippen molar-refractivity contribution in [1.82, 2.24) is 5.32 Å². The van der Waals surface area contributed by atoms with Crippen molar-refractivity contribution in [3.05, 3.63) is 11.6 Å². The summed E-state index contributed by atoms with van der Waals surface area (Å²) in [5, 5.41) is 136. The monoisotopic (exact) mass is 645 g/mol. The first-order valence-corrected chi connectivity index (χ1v) is 14.1. The van der Waals surface area contributed by atoms with Gasteiger partial charge in [-0.05, 0) is 12.5 Å². The van der Waals surface area contributed by atoms with Gasteiger partial charge in [0.25, 0.3) is 0 Å². The van der Waals surface area contributed by atoms with Crippen molar-refractivity contribution in [3.8, 4) is 0 Å². The van der Waals surface area contributed by atoms with Gasteiger partial charge in [0.15, 0.2) is 18.9 Å². The van der Waals surface area contributed by atoms with E-state index in [9.17, 15) is 66.4 Å². The normalized spacial score (nSPS) is 52.0. The van der Waals surface area contributed by atoms with Gasteiger partial charge in [-0.3, -0.25) is 0 Å². The Morgan fingerprint density at radius 2 is 1.16 bits per heavy atom. The zero-order valence-corrected chi connectivity index (χ0v) is 23.5. The van der Waals surface area contributed by atoms with Crippen LogP contribution < -0.4 is 5.32 Å². The van der Waals surface area contributed by atoms with Gasteiger partial charge < -0.3 is 95.4 Å². The van der Waals surface area contributed by atoms with Crippen LogP contribution in [0.2, 0.25) is 0 Å². The van der Waals surface area contributed by atoms with Crippen LogP contribution in [0.15, 0.2) is 11.6 Å². The van der Waals surface area contributed by atoms with E-state index in [0.29, 0.717) is 0 Å². The summed E-state index contributed by atoms with van der Waals surface area (Å²) >= 11 is 0. The van der Waals surface area contributed by atoms with E-state index >= 15 is 0 Å². The van der Waals surface area contributed by atoms with Crippen molar-refractivity contribution >= 4 is 0 Å². The standard InChI is InChI=1S/C25H43NO18/c1-6-11(26-8-2-7(3-27)12(30)15(33)13(8)31)14(32)19(37)24(40-6)43-22-10(5-29)42-25(20(38)17(22)35)44-21-9(4-28)41-23(39)18(36)16(21)34/h2,6,8-39H,3-5H2,1H3/t6-,8+,9-,10-,11-,12-,13+,14+,15+,16-,17-,18-,19-,20-,21+,22-,23?,24-,25-/m1/s1. The van der Waals surface area contributed by atoms with Crippen molar-refractivity contribution in [3.63, 3.8) is 0 Å². The molecule has 0 aromatic carbocycles. The molecule has 3 heterocycles. The molecule has 3 saturated heterocycles. The van der Waals surface area contributed by atoms with Crippen molar-refractivity contribution in [2.24, 2.45) is 0 Å². The first kappa shape index (κ1) is 35.8. The van der Waals surface area contributed by atoms with Gasteiger partial charge in [-0.1, -0.05) is 6.08 Å². The number of rotatable bonds is 9. The molecule has 4 aliphatic rings. The van der Waals surface area contributed by atoms with Gasteiger partial charge >= 0.3 is 0 Å². The highest BCUT2D eigenvalue weighted by molar-refractivity contribution is 5.22. The van der Waals surface area contributed by atoms with Gasteiger partial charge in [-0.2, -0.15) is 0 Å². The molecule has 1 unspecified atom stereocenters. The van der Waals surface area contributed by atoms with Crippen molar-refractivity contribution in [1.29, 1.82) is 0 Å². The number of aliphatic hydroxyl groups excluding tert-OH is 13. The second-order valence-electron chi connectivity index (χ2n) is 11.4. The summed E-state index contributed by atoms with van der Waals surface area (Å²) in [4.78, 5) is 0. The summed E-state index contributed by atoms with van der Waals surface area (Å²) in [6.45, 7) is -0.753. The summed E-state index contributed by atoms with van der Waals surface area (Å²) < 4.78 is 27.4. The van der Waals surface area contributed by atoms with Crippen molar-refractivity contribution in [2.75, 3.05) is 19.8 Å². The number of nitrogens with one attached hydrogen (secondary N) is 1. The van der Waals surface area contributed by atoms with Gasteiger partial charge in [0.05, 0.1) is 38.0 Å². The lowest BCUT2D eigenvalue weighted by molar-refractivity contribution is -0.373. The largest absolute Gasteiger partial charge is 0.394 e. The minimum absolute atomic E-state index is 0.0225. The third-order valence-electron chi connectivity index (χ3n) is 8.48. The van der Waals surface area contributed by atoms with Gasteiger partial charge in [-0.15, -0.1) is 0 Å². The second-order valence-corrected chi connectivity index (χ2v) is 11.4. The summed E-state index contributed by atoms with van der Waals surface area (Å²) in [5.74, 6) is 0. The molecule has 1 aliphatic carbocycles. The number of hydrogen-bond acceptors (Lipinski definition) is 19. The van der Waals surface area contributed by atoms with Gasteiger partial charge in [-0.25, -0.2) is 0 Å². The Morgan fingerprint density at radius 3 is 1.73 bits per heavy atom. The van der Waals surface area contributed by atoms with E-state index in [2.05, 4.69) is 5.32 Å². The third-order valence-corrected chi connectivity index (χ3v) is 8.48. The number of hydrogen-bond donors (Lipinski definition) is 14. The van der Waals surface area contributed by atoms with Crippen LogP contribution in [0.3, 0.4) is 0 Å². The predicted molar refractivity (Wildman–Crippen MR) is 138 cm³/mol. The Balaban J connectivity index is 1.42. The van der Waals surface area contributed by atoms with Gasteiger partial charge in [0.2, 0.25) is 0 Å². The lowest BCUT2D eigenvalue weighted by Gasteiger charge is -2.48. The molecule has 44 heavy (non-hydrogen) atoms. The SMILES string of the molecule is C[C@H]1O[C@H](O[C@H]2[C@H](O)[C@@H](O)[C@@H](O[C@@H]3[C@H](O)[C@@H](O)C(O)O[C@@H]3CO)O[C@@H]2CO)[C@H](O)[C@@H](O)[C@@H]1N[C@H]1C=C(CO)[C@@H](O)[C@H](O)[C@H]1O. The zero-order chi connectivity index (χ0) is 32.6. The van der Waals surface area contributed by atoms with E-state index in [4.69, 9.17) is 23.7 Å². The van der Waals surface area contributed by atoms with Crippen LogP contribution >= 0.6 is 0 Å². The minimum Gasteiger partial charge on any atom is -0.394 e. The first-order chi connectivity index (χ1) is 20.7. The Morgan fingerprint density at radius 1 is 0.636 bits per heavy atom. The van der Waals surface area contributed by atoms with E-state index in [1.165, 1.54) is 13.0 Å². The molecule has 19 heteroatoms. The molecular weight excluding hydrogens is 602 g/mol. The van der Waals surface area contributed by atoms with Gasteiger partial charge in [0.1, 0.15) is 79.4 Å². The topological polar surface area (TPSA) is 321 Å². The predicted octanol–water partition coefficient (Wildman–Crippen LogP) is -8.56. The molecule has 19 nitrogen and oxygen atoms in total. The molecule has 0 aromatic rings. The maximum atomic E-state index is 10.9. The molecular formula is C25H43NO18. The Hall–Kier alpha value is -1.02. The molecule has 14 N–H and O–H groups in total. The second kappa shape index (κ2) is 14.8. The van der Waals surface area contributed by atoms with Crippen LogP contribution in [0.4, 0.5) is 0 Å². The van der Waals surface area contributed by atoms with E-state index in [0.717, 1.165) is 0 Å². The third kappa shape index (κ3) is 6.96. The maximum Gasteiger partial charge on any atom is 0.187 e. The quantitative estimate of drug-likeness (QED) is 0.103. The fraction of sp³-hybridized carbons (Fsp3) is 0.920. The van der Waals surface area contributed by atoms with E-state index < -0.39 is 136 Å². The Labute approximate surface area is 250 Å². The number of aliphatic hydroxyl groups is 13. The van der Waals surface area contributed by atoms with E-state index in [1.807, 2.05) is 0 Å². The van der Waals surface area contributed by atoms with E-state index in [-0.39, 0.29) is 5.57 Å². The van der Waals surface area contributed by atoms with E-state index in [1.54, 1.807) is 0 Å². The summed E-state index contributed by atoms with van der Waals surface area (Å²) in [5.41, 5.74) is 0.0225. The minimum atomic E-state index is -1.93. The summed E-state index contributed by atoms with van der Waals surface area (Å²) in [7, 11) is 0. The fourth-order valence-corrected chi connectivity index (χ4v) is 5.81. The van der Waals surface area contributed by atoms with Crippen LogP contribution in [0.1, 0.15) is 6.92 Å². The van der Waals surface area contributed by atoms with Gasteiger partial charge in [0, 0.05) is 0 Å². The summed E-state index contributed by atoms with van der Waals surface area (Å²) in [6, 6.07) is -2.17. The average Bonchev–Trinajstić information content (AvgIpc) is 3.00. The molecule has 0 radical (unpaired) electrons. The number of ether oxygens (including phenoxy) is 5. The van der Waals surface area contributed by atoms with Crippen molar-refractivity contribution in [2.45, 2.75) is 123 Å². The molecule has 0 bridgehead atoms. The Kier molecular flexibility index (Phi) is 12.1. The lowest BCUT2D eigenvalue weighted by Crippen LogP contribution is -2.68. The molecule has 19 atom stereocenters. The van der Waals surface area contributed by atoms with Crippen LogP contribution in [-0.4, -0.2) is 203 Å². The molecule has 0 amide bonds. The van der Waals surface area contributed by atoms with Crippen LogP contribution in [0.25, 0.3) is 0 Å². The maximum absolute atomic E-state index is 10.9. The molecule has 4 rings (SSSR count). The highest BCUT2D eigenvalue weighted by atomic mass is 16.7. The molecule has 256 valence electrons. The highest BCUT2D eigenvalue weighted by Gasteiger charge is 2.53. The van der Waals surface area contributed by atoms with Crippen LogP contribution in [0, 0.1) is 0 Å². The molecule has 0 spiro atoms. The van der Waals surface area contributed by atoms with Crippen LogP contribution in [0.5, 0.6) is 0 Å². The molecule has 3 aliphatic heterocycles. The molecule has 0 aromatic heterocycles. The van der Waals surface area contributed by atoms with Crippen molar-refractivity contribution < 1.29 is 90.1 Å². The van der Waals surface area contributed by atoms with Crippen LogP contribution in [-0.2, 0) is 23.7 Å². The average molecular weight is 646 g/mol. The highest BCUT2D eigenvalue weighted by Crippen LogP contribution is 2.32. The smallest absolute Gasteiger partial charge is 0.187 e. The Bertz CT molecular complexity index is 958. The fourth-order valence-electron chi connectivity index (χ4n) is 5.81. The molecule has 3 fully saturated rings. The summed E-state index contributed by atoms with van der Waals surface area (Å²) in [6.07, 6.45) is -26.6.